The maximum Gasteiger partial charge on any atom is 0.406 e. The Labute approximate surface area is 175 Å². The van der Waals surface area contributed by atoms with E-state index in [0.29, 0.717) is 16.3 Å². The van der Waals surface area contributed by atoms with Gasteiger partial charge in [-0.2, -0.15) is 0 Å². The number of amides is 1. The second-order valence-electron chi connectivity index (χ2n) is 7.56. The van der Waals surface area contributed by atoms with E-state index in [1.54, 1.807) is 44.2 Å². The van der Waals surface area contributed by atoms with E-state index in [1.807, 2.05) is 0 Å². The number of nitrogens with one attached hydrogen (secondary N) is 1. The SMILES string of the molecule is CC1(C)OCC(C#Cc2ccc3c(=O)c4cc(O)ccc4sc3c2)(NC(=O)O)CO1. The molecule has 0 radical (unpaired) electrons. The molecular weight excluding hydrogens is 406 g/mol. The predicted molar refractivity (Wildman–Crippen MR) is 114 cm³/mol. The molecule has 3 N–H and O–H groups in total. The number of hydrogen-bond donors (Lipinski definition) is 3. The first-order valence-electron chi connectivity index (χ1n) is 9.18. The molecule has 3 aromatic rings. The molecule has 7 nitrogen and oxygen atoms in total. The predicted octanol–water partition coefficient (Wildman–Crippen LogP) is 3.26. The molecule has 1 aliphatic rings. The summed E-state index contributed by atoms with van der Waals surface area (Å²) >= 11 is 1.42. The van der Waals surface area contributed by atoms with Gasteiger partial charge in [0.2, 0.25) is 0 Å². The molecule has 2 aromatic carbocycles. The zero-order valence-corrected chi connectivity index (χ0v) is 17.1. The zero-order chi connectivity index (χ0) is 21.5. The molecular formula is C22H19NO6S. The van der Waals surface area contributed by atoms with Crippen molar-refractivity contribution in [2.45, 2.75) is 25.2 Å². The molecule has 1 aliphatic heterocycles. The Morgan fingerprint density at radius 3 is 2.53 bits per heavy atom. The van der Waals surface area contributed by atoms with Crippen molar-refractivity contribution in [3.63, 3.8) is 0 Å². The number of carboxylic acid groups (broad SMARTS) is 1. The van der Waals surface area contributed by atoms with Gasteiger partial charge in [0.25, 0.3) is 0 Å². The van der Waals surface area contributed by atoms with Crippen LogP contribution in [-0.2, 0) is 9.47 Å². The van der Waals surface area contributed by atoms with E-state index in [1.165, 1.54) is 17.4 Å². The number of hydrogen-bond acceptors (Lipinski definition) is 6. The molecule has 1 saturated heterocycles. The number of rotatable bonds is 1. The van der Waals surface area contributed by atoms with Crippen LogP contribution in [0.3, 0.4) is 0 Å². The number of fused-ring (bicyclic) bond motifs is 2. The van der Waals surface area contributed by atoms with Crippen LogP contribution in [-0.4, -0.2) is 40.8 Å². The van der Waals surface area contributed by atoms with Gasteiger partial charge in [-0.1, -0.05) is 11.8 Å². The molecule has 0 unspecified atom stereocenters. The monoisotopic (exact) mass is 425 g/mol. The van der Waals surface area contributed by atoms with Crippen LogP contribution in [0, 0.1) is 11.8 Å². The minimum atomic E-state index is -1.22. The molecule has 1 fully saturated rings. The van der Waals surface area contributed by atoms with E-state index in [-0.39, 0.29) is 24.4 Å². The number of phenols is 1. The highest BCUT2D eigenvalue weighted by atomic mass is 32.1. The highest BCUT2D eigenvalue weighted by Gasteiger charge is 2.40. The Morgan fingerprint density at radius 2 is 1.83 bits per heavy atom. The van der Waals surface area contributed by atoms with Crippen LogP contribution < -0.4 is 10.7 Å². The third-order valence-electron chi connectivity index (χ3n) is 4.78. The third kappa shape index (κ3) is 3.96. The van der Waals surface area contributed by atoms with Gasteiger partial charge in [-0.05, 0) is 50.2 Å². The van der Waals surface area contributed by atoms with E-state index in [4.69, 9.17) is 9.47 Å². The van der Waals surface area contributed by atoms with Gasteiger partial charge in [0.15, 0.2) is 16.8 Å². The molecule has 30 heavy (non-hydrogen) atoms. The molecule has 4 rings (SSSR count). The van der Waals surface area contributed by atoms with Gasteiger partial charge >= 0.3 is 6.09 Å². The topological polar surface area (TPSA) is 105 Å². The first-order valence-corrected chi connectivity index (χ1v) is 10.00. The third-order valence-corrected chi connectivity index (χ3v) is 5.91. The van der Waals surface area contributed by atoms with Crippen molar-refractivity contribution in [2.75, 3.05) is 13.2 Å². The molecule has 8 heteroatoms. The van der Waals surface area contributed by atoms with Gasteiger partial charge in [0, 0.05) is 25.7 Å². The first kappa shape index (κ1) is 20.2. The summed E-state index contributed by atoms with van der Waals surface area (Å²) in [6.07, 6.45) is -1.22. The highest BCUT2D eigenvalue weighted by molar-refractivity contribution is 7.24. The van der Waals surface area contributed by atoms with Gasteiger partial charge < -0.3 is 25.0 Å². The van der Waals surface area contributed by atoms with E-state index in [9.17, 15) is 19.8 Å². The lowest BCUT2D eigenvalue weighted by atomic mass is 10.0. The fourth-order valence-corrected chi connectivity index (χ4v) is 4.26. The standard InChI is InChI=1S/C22H19NO6S/c1-21(2)28-11-22(12-29-21,23-20(26)27)8-7-13-3-5-15-18(9-13)30-17-6-4-14(24)10-16(17)19(15)25/h3-6,9-10,23-24H,11-12H2,1-2H3,(H,26,27). The van der Waals surface area contributed by atoms with Gasteiger partial charge in [-0.3, -0.25) is 4.79 Å². The first-order chi connectivity index (χ1) is 14.2. The van der Waals surface area contributed by atoms with Crippen LogP contribution in [0.5, 0.6) is 5.75 Å². The summed E-state index contributed by atoms with van der Waals surface area (Å²) in [5.74, 6) is 5.17. The molecule has 0 atom stereocenters. The van der Waals surface area contributed by atoms with Crippen LogP contribution in [0.4, 0.5) is 4.79 Å². The summed E-state index contributed by atoms with van der Waals surface area (Å²) in [5.41, 5.74) is -0.716. The second kappa shape index (κ2) is 7.29. The Kier molecular flexibility index (Phi) is 4.90. The van der Waals surface area contributed by atoms with Gasteiger partial charge in [0.05, 0.1) is 13.2 Å². The van der Waals surface area contributed by atoms with Crippen molar-refractivity contribution >= 4 is 37.6 Å². The normalized spacial score (nSPS) is 17.3. The molecule has 154 valence electrons. The Balaban J connectivity index is 1.74. The lowest BCUT2D eigenvalue weighted by Gasteiger charge is -2.40. The quantitative estimate of drug-likeness (QED) is 0.408. The summed E-state index contributed by atoms with van der Waals surface area (Å²) in [5, 5.41) is 22.3. The van der Waals surface area contributed by atoms with E-state index in [2.05, 4.69) is 17.2 Å². The lowest BCUT2D eigenvalue weighted by molar-refractivity contribution is -0.262. The molecule has 0 bridgehead atoms. The molecule has 2 heterocycles. The van der Waals surface area contributed by atoms with E-state index in [0.717, 1.165) is 9.40 Å². The molecule has 0 spiro atoms. The summed E-state index contributed by atoms with van der Waals surface area (Å²) in [6, 6.07) is 9.91. The molecule has 1 amide bonds. The number of ether oxygens (including phenoxy) is 2. The molecule has 0 aliphatic carbocycles. The summed E-state index contributed by atoms with van der Waals surface area (Å²) in [7, 11) is 0. The Hall–Kier alpha value is -3.12. The lowest BCUT2D eigenvalue weighted by Crippen LogP contribution is -2.60. The summed E-state index contributed by atoms with van der Waals surface area (Å²) < 4.78 is 12.7. The van der Waals surface area contributed by atoms with Gasteiger partial charge in [-0.25, -0.2) is 4.79 Å². The number of aromatic hydroxyl groups is 1. The van der Waals surface area contributed by atoms with Crippen LogP contribution in [0.15, 0.2) is 41.2 Å². The largest absolute Gasteiger partial charge is 0.508 e. The smallest absolute Gasteiger partial charge is 0.406 e. The number of phenolic OH excluding ortho intramolecular Hbond substituents is 1. The fraction of sp³-hybridized carbons (Fsp3) is 0.273. The van der Waals surface area contributed by atoms with Crippen LogP contribution >= 0.6 is 11.3 Å². The van der Waals surface area contributed by atoms with Crippen molar-refractivity contribution < 1.29 is 24.5 Å². The average molecular weight is 425 g/mol. The number of benzene rings is 2. The summed E-state index contributed by atoms with van der Waals surface area (Å²) in [6.45, 7) is 3.60. The maximum absolute atomic E-state index is 12.7. The van der Waals surface area contributed by atoms with Crippen molar-refractivity contribution in [1.82, 2.24) is 5.32 Å². The van der Waals surface area contributed by atoms with Crippen molar-refractivity contribution in [2.24, 2.45) is 0 Å². The van der Waals surface area contributed by atoms with Crippen molar-refractivity contribution in [3.8, 4) is 17.6 Å². The fourth-order valence-electron chi connectivity index (χ4n) is 3.17. The van der Waals surface area contributed by atoms with Crippen LogP contribution in [0.1, 0.15) is 19.4 Å². The molecule has 0 saturated carbocycles. The average Bonchev–Trinajstić information content (AvgIpc) is 2.69. The summed E-state index contributed by atoms with van der Waals surface area (Å²) in [4.78, 5) is 24.0. The van der Waals surface area contributed by atoms with E-state index >= 15 is 0 Å². The minimum Gasteiger partial charge on any atom is -0.508 e. The van der Waals surface area contributed by atoms with E-state index < -0.39 is 17.4 Å². The van der Waals surface area contributed by atoms with Crippen LogP contribution in [0.2, 0.25) is 0 Å². The zero-order valence-electron chi connectivity index (χ0n) is 16.3. The molecule has 1 aromatic heterocycles. The van der Waals surface area contributed by atoms with Gasteiger partial charge in [-0.15, -0.1) is 11.3 Å². The van der Waals surface area contributed by atoms with Crippen LogP contribution in [0.25, 0.3) is 20.2 Å². The van der Waals surface area contributed by atoms with Crippen molar-refractivity contribution in [3.05, 3.63) is 52.2 Å². The van der Waals surface area contributed by atoms with Gasteiger partial charge in [0.1, 0.15) is 5.75 Å². The number of carbonyl (C=O) groups is 1. The maximum atomic E-state index is 12.7. The Bertz CT molecular complexity index is 1270. The van der Waals surface area contributed by atoms with Crippen molar-refractivity contribution in [1.29, 1.82) is 0 Å². The Morgan fingerprint density at radius 1 is 1.10 bits per heavy atom. The minimum absolute atomic E-state index is 0.0463. The highest BCUT2D eigenvalue weighted by Crippen LogP contribution is 2.28. The second-order valence-corrected chi connectivity index (χ2v) is 8.65.